The Bertz CT molecular complexity index is 1910. The number of hydrogen-bond acceptors (Lipinski definition) is 9. The molecule has 3 aliphatic heterocycles. The zero-order valence-corrected chi connectivity index (χ0v) is 34.8. The van der Waals surface area contributed by atoms with Gasteiger partial charge >= 0.3 is 12.2 Å². The summed E-state index contributed by atoms with van der Waals surface area (Å²) in [5.74, 6) is 0.0849. The highest BCUT2D eigenvalue weighted by Gasteiger charge is 2.52. The summed E-state index contributed by atoms with van der Waals surface area (Å²) >= 11 is 5.76. The number of aromatic nitrogens is 1. The molecule has 58 heavy (non-hydrogen) atoms. The number of carbonyl (C=O) groups is 4. The SMILES string of the molecule is C[C@@H]1CN(CCCCC2CCC(N3C(=S)N(c4ccc(C#N)c(C(F)(F)F)c4)C(=O)C3(C)C)CC2)C[C@H](C)N1CC(=O)Nc1ccc(N2CCC(=O)NC2=O)cn1.Cl. The number of anilines is 3. The molecule has 2 atom stereocenters. The summed E-state index contributed by atoms with van der Waals surface area (Å²) in [6.45, 7) is 11.0. The number of thiocarbonyl (C=S) groups is 1. The van der Waals surface area contributed by atoms with Crippen molar-refractivity contribution in [2.75, 3.05) is 47.8 Å². The van der Waals surface area contributed by atoms with E-state index in [-0.39, 0.29) is 78.6 Å². The Balaban J connectivity index is 0.00000641. The van der Waals surface area contributed by atoms with Crippen molar-refractivity contribution in [3.8, 4) is 6.07 Å². The highest BCUT2D eigenvalue weighted by Crippen LogP contribution is 2.41. The standard InChI is InChI=1S/C40H50F3N9O4S.ClH/c1-25-22-48(23-26(2)50(25)24-35(54)46-33-15-14-31(21-45-33)49-18-16-34(53)47-37(49)56)17-6-5-7-27-8-11-29(12-9-27)52-38(57)51(36(55)39(52,3)4)30-13-10-28(20-44)32(19-30)40(41,42)43;/h10,13-15,19,21,25-27,29H,5-9,11-12,16-18,22-24H2,1-4H3,(H,45,46,54)(H,47,53,56);1H/t25-,26+,27?,29?;. The molecular formula is C40H51ClF3N9O4S. The van der Waals surface area contributed by atoms with Crippen molar-refractivity contribution >= 4 is 70.7 Å². The number of urea groups is 1. The highest BCUT2D eigenvalue weighted by atomic mass is 35.5. The maximum atomic E-state index is 13.7. The topological polar surface area (TPSA) is 145 Å². The number of halogens is 4. The first-order valence-corrected chi connectivity index (χ1v) is 20.0. The predicted octanol–water partition coefficient (Wildman–Crippen LogP) is 6.31. The van der Waals surface area contributed by atoms with Gasteiger partial charge in [-0.2, -0.15) is 18.4 Å². The Morgan fingerprint density at radius 1 is 1.03 bits per heavy atom. The Hall–Kier alpha value is -4.37. The van der Waals surface area contributed by atoms with Crippen LogP contribution >= 0.6 is 24.6 Å². The second kappa shape index (κ2) is 18.3. The molecule has 18 heteroatoms. The van der Waals surface area contributed by atoms with Gasteiger partial charge in [-0.15, -0.1) is 12.4 Å². The van der Waals surface area contributed by atoms with Gasteiger partial charge in [-0.1, -0.05) is 12.8 Å². The lowest BCUT2D eigenvalue weighted by Gasteiger charge is -2.44. The molecule has 0 radical (unpaired) electrons. The summed E-state index contributed by atoms with van der Waals surface area (Å²) < 4.78 is 41.2. The molecule has 3 saturated heterocycles. The number of nitriles is 1. The maximum absolute atomic E-state index is 13.7. The van der Waals surface area contributed by atoms with Gasteiger partial charge in [0.25, 0.3) is 5.91 Å². The van der Waals surface area contributed by atoms with E-state index >= 15 is 0 Å². The lowest BCUT2D eigenvalue weighted by molar-refractivity contribution is -0.137. The van der Waals surface area contributed by atoms with Gasteiger partial charge in [-0.25, -0.2) is 9.78 Å². The van der Waals surface area contributed by atoms with E-state index in [2.05, 4.69) is 39.3 Å². The molecule has 4 heterocycles. The van der Waals surface area contributed by atoms with Crippen molar-refractivity contribution in [3.05, 3.63) is 47.7 Å². The van der Waals surface area contributed by atoms with Crippen LogP contribution in [0.25, 0.3) is 0 Å². The molecule has 1 aromatic carbocycles. The van der Waals surface area contributed by atoms with Gasteiger partial charge in [-0.05, 0) is 115 Å². The van der Waals surface area contributed by atoms with Gasteiger partial charge in [0.2, 0.25) is 11.8 Å². The number of carbonyl (C=O) groups excluding carboxylic acids is 4. The first-order chi connectivity index (χ1) is 27.0. The maximum Gasteiger partial charge on any atom is 0.417 e. The second-order valence-corrected chi connectivity index (χ2v) is 16.6. The molecule has 5 amide bonds. The van der Waals surface area contributed by atoms with Gasteiger partial charge in [0, 0.05) is 44.2 Å². The first-order valence-electron chi connectivity index (χ1n) is 19.6. The van der Waals surface area contributed by atoms with E-state index in [4.69, 9.17) is 12.2 Å². The van der Waals surface area contributed by atoms with Crippen molar-refractivity contribution in [3.63, 3.8) is 0 Å². The Morgan fingerprint density at radius 3 is 2.31 bits per heavy atom. The minimum absolute atomic E-state index is 0. The molecule has 0 unspecified atom stereocenters. The molecule has 0 bridgehead atoms. The summed E-state index contributed by atoms with van der Waals surface area (Å²) in [5.41, 5.74) is -2.06. The van der Waals surface area contributed by atoms with Crippen LogP contribution in [0.4, 0.5) is 35.2 Å². The molecule has 1 aromatic heterocycles. The lowest BCUT2D eigenvalue weighted by atomic mass is 9.81. The lowest BCUT2D eigenvalue weighted by Crippen LogP contribution is -2.58. The van der Waals surface area contributed by atoms with Gasteiger partial charge in [0.15, 0.2) is 5.11 Å². The number of nitrogens with zero attached hydrogens (tertiary/aromatic N) is 7. The number of amides is 5. The normalized spacial score (nSPS) is 24.3. The van der Waals surface area contributed by atoms with Crippen LogP contribution in [-0.4, -0.2) is 105 Å². The number of rotatable bonds is 11. The van der Waals surface area contributed by atoms with Crippen LogP contribution in [0, 0.1) is 17.2 Å². The van der Waals surface area contributed by atoms with Crippen LogP contribution in [0.15, 0.2) is 36.5 Å². The van der Waals surface area contributed by atoms with Crippen LogP contribution in [0.1, 0.15) is 90.2 Å². The molecular weight excluding hydrogens is 795 g/mol. The fourth-order valence-corrected chi connectivity index (χ4v) is 9.42. The van der Waals surface area contributed by atoms with Crippen molar-refractivity contribution < 1.29 is 32.3 Å². The molecule has 6 rings (SSSR count). The van der Waals surface area contributed by atoms with E-state index in [1.165, 1.54) is 22.1 Å². The zero-order chi connectivity index (χ0) is 41.2. The Labute approximate surface area is 348 Å². The van der Waals surface area contributed by atoms with E-state index in [1.54, 1.807) is 32.0 Å². The third-order valence-corrected chi connectivity index (χ3v) is 12.2. The largest absolute Gasteiger partial charge is 0.417 e. The molecule has 2 N–H and O–H groups in total. The average molecular weight is 846 g/mol. The summed E-state index contributed by atoms with van der Waals surface area (Å²) in [7, 11) is 0. The van der Waals surface area contributed by atoms with E-state index in [0.29, 0.717) is 17.4 Å². The molecule has 2 aromatic rings. The van der Waals surface area contributed by atoms with Crippen molar-refractivity contribution in [1.82, 2.24) is 25.0 Å². The Kier molecular flexibility index (Phi) is 14.1. The fourth-order valence-electron chi connectivity index (χ4n) is 8.85. The van der Waals surface area contributed by atoms with Crippen LogP contribution < -0.4 is 20.4 Å². The summed E-state index contributed by atoms with van der Waals surface area (Å²) in [6.07, 6.45) is 3.86. The van der Waals surface area contributed by atoms with Crippen LogP contribution in [0.3, 0.4) is 0 Å². The van der Waals surface area contributed by atoms with Crippen molar-refractivity contribution in [1.29, 1.82) is 5.26 Å². The van der Waals surface area contributed by atoms with E-state index in [9.17, 15) is 37.6 Å². The monoisotopic (exact) mass is 845 g/mol. The number of alkyl halides is 3. The fraction of sp³-hybridized carbons (Fsp3) is 0.575. The second-order valence-electron chi connectivity index (χ2n) is 16.2. The number of imide groups is 1. The predicted molar refractivity (Wildman–Crippen MR) is 219 cm³/mol. The molecule has 1 saturated carbocycles. The Morgan fingerprint density at radius 2 is 1.71 bits per heavy atom. The molecule has 4 fully saturated rings. The molecule has 314 valence electrons. The third-order valence-electron chi connectivity index (χ3n) is 11.8. The quantitative estimate of drug-likeness (QED) is 0.195. The van der Waals surface area contributed by atoms with Gasteiger partial charge in [0.1, 0.15) is 11.4 Å². The van der Waals surface area contributed by atoms with Gasteiger partial charge in [-0.3, -0.25) is 34.4 Å². The highest BCUT2D eigenvalue weighted by molar-refractivity contribution is 7.80. The molecule has 0 spiro atoms. The summed E-state index contributed by atoms with van der Waals surface area (Å²) in [6, 6.07) is 8.07. The number of nitrogens with one attached hydrogen (secondary N) is 2. The van der Waals surface area contributed by atoms with Gasteiger partial charge < -0.3 is 15.1 Å². The van der Waals surface area contributed by atoms with Crippen molar-refractivity contribution in [2.24, 2.45) is 5.92 Å². The number of piperazine rings is 1. The first kappa shape index (κ1) is 44.7. The summed E-state index contributed by atoms with van der Waals surface area (Å²) in [4.78, 5) is 63.7. The number of unbranched alkanes of at least 4 members (excludes halogenated alkanes) is 1. The number of hydrogen-bond donors (Lipinski definition) is 2. The van der Waals surface area contributed by atoms with E-state index < -0.39 is 28.9 Å². The zero-order valence-electron chi connectivity index (χ0n) is 33.2. The van der Waals surface area contributed by atoms with Crippen LogP contribution in [0.5, 0.6) is 0 Å². The molecule has 1 aliphatic carbocycles. The van der Waals surface area contributed by atoms with E-state index in [0.717, 1.165) is 76.7 Å². The van der Waals surface area contributed by atoms with Gasteiger partial charge in [0.05, 0.1) is 41.3 Å². The third kappa shape index (κ3) is 9.73. The minimum atomic E-state index is -4.75. The number of pyridine rings is 1. The smallest absolute Gasteiger partial charge is 0.331 e. The minimum Gasteiger partial charge on any atom is -0.331 e. The molecule has 13 nitrogen and oxygen atoms in total. The van der Waals surface area contributed by atoms with Crippen LogP contribution in [-0.2, 0) is 20.6 Å². The molecule has 4 aliphatic rings. The number of benzene rings is 1. The van der Waals surface area contributed by atoms with E-state index in [1.807, 2.05) is 4.90 Å². The van der Waals surface area contributed by atoms with Crippen LogP contribution in [0.2, 0.25) is 0 Å². The summed E-state index contributed by atoms with van der Waals surface area (Å²) in [5, 5.41) is 14.6. The van der Waals surface area contributed by atoms with Crippen molar-refractivity contribution in [2.45, 2.75) is 109 Å². The average Bonchev–Trinajstić information content (AvgIpc) is 3.33.